The summed E-state index contributed by atoms with van der Waals surface area (Å²) in [6.45, 7) is 13.9. The van der Waals surface area contributed by atoms with E-state index in [4.69, 9.17) is 0 Å². The van der Waals surface area contributed by atoms with Gasteiger partial charge in [0.2, 0.25) is 0 Å². The summed E-state index contributed by atoms with van der Waals surface area (Å²) < 4.78 is 0. The second-order valence-corrected chi connectivity index (χ2v) is 12.6. The molecule has 0 amide bonds. The van der Waals surface area contributed by atoms with Crippen LogP contribution in [0.2, 0.25) is 0 Å². The van der Waals surface area contributed by atoms with Gasteiger partial charge in [0.1, 0.15) is 6.15 Å². The van der Waals surface area contributed by atoms with Crippen LogP contribution in [0.15, 0.2) is 121 Å². The van der Waals surface area contributed by atoms with Gasteiger partial charge in [0.05, 0.1) is 5.66 Å². The largest absolute Gasteiger partial charge is 0.195 e. The molecular weight excluding hydrogens is 438 g/mol. The minimum absolute atomic E-state index is 0.455. The molecule has 35 heavy (non-hydrogen) atoms. The van der Waals surface area contributed by atoms with Crippen LogP contribution in [0.3, 0.4) is 0 Å². The summed E-state index contributed by atoms with van der Waals surface area (Å²) in [7, 11) is 2.13. The fourth-order valence-electron chi connectivity index (χ4n) is 5.42. The molecule has 0 heterocycles. The predicted molar refractivity (Wildman–Crippen MR) is 164 cm³/mol. The molecule has 0 nitrogen and oxygen atoms in total. The van der Waals surface area contributed by atoms with Crippen LogP contribution >= 0.6 is 9.24 Å². The van der Waals surface area contributed by atoms with E-state index >= 15 is 0 Å². The summed E-state index contributed by atoms with van der Waals surface area (Å²) in [6.07, 6.45) is -1.22. The molecule has 0 aliphatic carbocycles. The highest BCUT2D eigenvalue weighted by Gasteiger charge is 2.35. The summed E-state index contributed by atoms with van der Waals surface area (Å²) in [6, 6.07) is 43.5. The Morgan fingerprint density at radius 3 is 0.771 bits per heavy atom. The quantitative estimate of drug-likeness (QED) is 0.244. The van der Waals surface area contributed by atoms with Crippen LogP contribution in [0.4, 0.5) is 0 Å². The Hall–Kier alpha value is -2.63. The number of benzene rings is 4. The molecule has 1 atom stereocenters. The van der Waals surface area contributed by atoms with Crippen LogP contribution in [0, 0.1) is 10.8 Å². The second-order valence-electron chi connectivity index (χ2n) is 11.8. The maximum Gasteiger partial charge on any atom is 0.108 e. The maximum atomic E-state index is 2.32. The van der Waals surface area contributed by atoms with E-state index in [0.29, 0.717) is 10.8 Å². The van der Waals surface area contributed by atoms with Gasteiger partial charge in [0, 0.05) is 0 Å². The highest BCUT2D eigenvalue weighted by molar-refractivity contribution is 7.19. The summed E-state index contributed by atoms with van der Waals surface area (Å²) >= 11 is 0. The first kappa shape index (κ1) is 27.0. The Morgan fingerprint density at radius 1 is 0.429 bits per heavy atom. The first-order valence-electron chi connectivity index (χ1n) is 12.8. The molecule has 0 aliphatic heterocycles. The van der Waals surface area contributed by atoms with Gasteiger partial charge in [-0.2, -0.15) is 21.9 Å². The molecule has 4 aromatic rings. The lowest BCUT2D eigenvalue weighted by atomic mass is 9.13. The fraction of sp³-hybridized carbons (Fsp3) is 0.273. The van der Waals surface area contributed by atoms with Crippen LogP contribution in [-0.2, 0) is 0 Å². The Kier molecular flexibility index (Phi) is 8.79. The van der Waals surface area contributed by atoms with E-state index in [2.05, 4.69) is 172 Å². The second kappa shape index (κ2) is 11.4. The summed E-state index contributed by atoms with van der Waals surface area (Å²) in [5, 5.41) is 0. The number of hydrogen-bond donors (Lipinski definition) is 0. The van der Waals surface area contributed by atoms with Gasteiger partial charge in [-0.3, -0.25) is 0 Å². The molecule has 0 saturated carbocycles. The van der Waals surface area contributed by atoms with Crippen molar-refractivity contribution >= 4 is 37.2 Å². The smallest absolute Gasteiger partial charge is 0.108 e. The van der Waals surface area contributed by atoms with Gasteiger partial charge in [-0.15, -0.1) is 0 Å². The van der Waals surface area contributed by atoms with E-state index in [-0.39, 0.29) is 0 Å². The lowest BCUT2D eigenvalue weighted by molar-refractivity contribution is 0.248. The highest BCUT2D eigenvalue weighted by atomic mass is 31.0. The standard InChI is InChI=1S/C24H20B.C9H21P/c1-5-13-21(14-6-1)25(22-15-7-2-8-16-22,23-17-9-3-10-18-23)24-19-11-4-12-20-24;1-8(2,3)7(10)9(4,5)6/h1-20H;7H,10H2,1-6H3/q-1;/p+1. The normalized spacial score (nSPS) is 12.2. The van der Waals surface area contributed by atoms with Crippen LogP contribution in [-0.4, -0.2) is 11.8 Å². The van der Waals surface area contributed by atoms with E-state index in [1.807, 2.05) is 0 Å². The van der Waals surface area contributed by atoms with E-state index in [9.17, 15) is 0 Å². The maximum absolute atomic E-state index is 2.32. The van der Waals surface area contributed by atoms with Gasteiger partial charge in [0.15, 0.2) is 0 Å². The SMILES string of the molecule is CC(C)(C)C([PH3+])C(C)(C)C.c1ccc([B-](c2ccccc2)(c2ccccc2)c2ccccc2)cc1. The van der Waals surface area contributed by atoms with Gasteiger partial charge in [0.25, 0.3) is 0 Å². The minimum Gasteiger partial charge on any atom is -0.195 e. The van der Waals surface area contributed by atoms with E-state index in [1.54, 1.807) is 0 Å². The van der Waals surface area contributed by atoms with Gasteiger partial charge in [-0.1, -0.05) is 163 Å². The van der Waals surface area contributed by atoms with Crippen molar-refractivity contribution in [2.24, 2.45) is 10.8 Å². The third-order valence-electron chi connectivity index (χ3n) is 7.29. The Morgan fingerprint density at radius 2 is 0.629 bits per heavy atom. The molecule has 4 rings (SSSR count). The van der Waals surface area contributed by atoms with Crippen molar-refractivity contribution in [2.45, 2.75) is 47.2 Å². The van der Waals surface area contributed by atoms with Crippen molar-refractivity contribution in [1.82, 2.24) is 0 Å². The molecule has 182 valence electrons. The van der Waals surface area contributed by atoms with Gasteiger partial charge < -0.3 is 0 Å². The zero-order valence-corrected chi connectivity index (χ0v) is 23.8. The minimum atomic E-state index is -1.22. The first-order chi connectivity index (χ1) is 16.6. The van der Waals surface area contributed by atoms with Crippen molar-refractivity contribution in [3.8, 4) is 0 Å². The Balaban J connectivity index is 0.000000292. The molecular formula is C33H42BP. The van der Waals surface area contributed by atoms with Crippen LogP contribution in [0.5, 0.6) is 0 Å². The Labute approximate surface area is 216 Å². The number of hydrogen-bond acceptors (Lipinski definition) is 0. The zero-order valence-electron chi connectivity index (χ0n) is 22.4. The summed E-state index contributed by atoms with van der Waals surface area (Å²) in [5.41, 5.74) is 7.06. The molecule has 0 aliphatic rings. The van der Waals surface area contributed by atoms with E-state index < -0.39 is 6.15 Å². The predicted octanol–water partition coefficient (Wildman–Crippen LogP) is 6.12. The zero-order chi connectivity index (χ0) is 25.5. The molecule has 1 unspecified atom stereocenters. The van der Waals surface area contributed by atoms with Crippen LogP contribution in [0.25, 0.3) is 0 Å². The highest BCUT2D eigenvalue weighted by Crippen LogP contribution is 2.39. The topological polar surface area (TPSA) is 0 Å². The summed E-state index contributed by atoms with van der Waals surface area (Å²) in [5.74, 6) is 0. The van der Waals surface area contributed by atoms with Crippen molar-refractivity contribution in [3.63, 3.8) is 0 Å². The Bertz CT molecular complexity index is 964. The van der Waals surface area contributed by atoms with Crippen molar-refractivity contribution < 1.29 is 0 Å². The summed E-state index contributed by atoms with van der Waals surface area (Å²) in [4.78, 5) is 0. The third-order valence-corrected chi connectivity index (χ3v) is 9.74. The molecule has 2 heteroatoms. The molecule has 0 radical (unpaired) electrons. The van der Waals surface area contributed by atoms with Crippen LogP contribution in [0.1, 0.15) is 41.5 Å². The van der Waals surface area contributed by atoms with E-state index in [1.165, 1.54) is 21.9 Å². The van der Waals surface area contributed by atoms with Crippen LogP contribution < -0.4 is 21.9 Å². The number of rotatable bonds is 4. The molecule has 0 saturated heterocycles. The fourth-order valence-corrected chi connectivity index (χ4v) is 5.42. The van der Waals surface area contributed by atoms with Crippen molar-refractivity contribution in [3.05, 3.63) is 121 Å². The molecule has 0 N–H and O–H groups in total. The average molecular weight is 480 g/mol. The molecule has 0 spiro atoms. The lowest BCUT2D eigenvalue weighted by Gasteiger charge is -2.44. The monoisotopic (exact) mass is 480 g/mol. The average Bonchev–Trinajstić information content (AvgIpc) is 2.86. The van der Waals surface area contributed by atoms with Gasteiger partial charge >= 0.3 is 0 Å². The molecule has 4 aromatic carbocycles. The first-order valence-corrected chi connectivity index (χ1v) is 13.6. The molecule has 0 aromatic heterocycles. The molecule has 0 fully saturated rings. The lowest BCUT2D eigenvalue weighted by Crippen LogP contribution is -2.74. The van der Waals surface area contributed by atoms with Crippen molar-refractivity contribution in [1.29, 1.82) is 0 Å². The van der Waals surface area contributed by atoms with Crippen molar-refractivity contribution in [2.75, 3.05) is 0 Å². The van der Waals surface area contributed by atoms with Gasteiger partial charge in [-0.05, 0) is 20.1 Å². The van der Waals surface area contributed by atoms with Gasteiger partial charge in [-0.25, -0.2) is 0 Å². The third kappa shape index (κ3) is 6.33. The molecule has 0 bridgehead atoms. The van der Waals surface area contributed by atoms with E-state index in [0.717, 1.165) is 5.66 Å².